The number of carbonyl (C=O) groups excluding carboxylic acids is 1. The van der Waals surface area contributed by atoms with Crippen molar-refractivity contribution in [2.75, 3.05) is 11.9 Å². The first-order valence-corrected chi connectivity index (χ1v) is 11.7. The van der Waals surface area contributed by atoms with Crippen molar-refractivity contribution in [3.05, 3.63) is 131 Å². The number of rotatable bonds is 8. The highest BCUT2D eigenvalue weighted by Gasteiger charge is 2.32. The minimum Gasteiger partial charge on any atom is -0.494 e. The highest BCUT2D eigenvalue weighted by atomic mass is 16.5. The number of para-hydroxylation sites is 1. The van der Waals surface area contributed by atoms with Crippen molar-refractivity contribution in [3.8, 4) is 5.75 Å². The lowest BCUT2D eigenvalue weighted by atomic mass is 10.0. The standard InChI is InChI=1S/C30H28N2O2/c33-30-27-15-7-8-16-28(27)31-29(32(30)22-24-12-5-2-6-13-24)25-17-19-26(20-18-25)34-21-9-14-23-10-3-1-4-11-23/h1-8,10-13,15-20,29,31H,9,14,21-22H2. The number of benzene rings is 4. The molecule has 0 radical (unpaired) electrons. The Morgan fingerprint density at radius 1 is 0.735 bits per heavy atom. The topological polar surface area (TPSA) is 41.6 Å². The van der Waals surface area contributed by atoms with Gasteiger partial charge in [0.2, 0.25) is 0 Å². The normalized spacial score (nSPS) is 14.9. The number of nitrogens with zero attached hydrogens (tertiary/aromatic N) is 1. The number of hydrogen-bond acceptors (Lipinski definition) is 3. The lowest BCUT2D eigenvalue weighted by Crippen LogP contribution is -2.42. The largest absolute Gasteiger partial charge is 0.494 e. The molecule has 1 heterocycles. The quantitative estimate of drug-likeness (QED) is 0.314. The Morgan fingerprint density at radius 3 is 2.12 bits per heavy atom. The summed E-state index contributed by atoms with van der Waals surface area (Å²) in [4.78, 5) is 15.3. The number of amides is 1. The fraction of sp³-hybridized carbons (Fsp3) is 0.167. The predicted molar refractivity (Wildman–Crippen MR) is 136 cm³/mol. The number of fused-ring (bicyclic) bond motifs is 1. The van der Waals surface area contributed by atoms with Crippen molar-refractivity contribution in [2.24, 2.45) is 0 Å². The summed E-state index contributed by atoms with van der Waals surface area (Å²) in [6.07, 6.45) is 1.71. The summed E-state index contributed by atoms with van der Waals surface area (Å²) >= 11 is 0. The van der Waals surface area contributed by atoms with E-state index in [-0.39, 0.29) is 12.1 Å². The first-order valence-electron chi connectivity index (χ1n) is 11.7. The highest BCUT2D eigenvalue weighted by molar-refractivity contribution is 6.01. The summed E-state index contributed by atoms with van der Waals surface area (Å²) < 4.78 is 5.97. The van der Waals surface area contributed by atoms with E-state index in [1.165, 1.54) is 5.56 Å². The molecule has 4 aromatic rings. The van der Waals surface area contributed by atoms with Crippen LogP contribution in [0.25, 0.3) is 0 Å². The number of anilines is 1. The molecule has 0 saturated carbocycles. The minimum atomic E-state index is -0.255. The summed E-state index contributed by atoms with van der Waals surface area (Å²) in [5, 5.41) is 3.57. The number of hydrogen-bond donors (Lipinski definition) is 1. The van der Waals surface area contributed by atoms with Gasteiger partial charge in [0.25, 0.3) is 5.91 Å². The van der Waals surface area contributed by atoms with Gasteiger partial charge in [0.15, 0.2) is 0 Å². The van der Waals surface area contributed by atoms with Gasteiger partial charge in [0.05, 0.1) is 12.2 Å². The first-order chi connectivity index (χ1) is 16.8. The van der Waals surface area contributed by atoms with Crippen LogP contribution < -0.4 is 10.1 Å². The Hall–Kier alpha value is -4.05. The average molecular weight is 449 g/mol. The van der Waals surface area contributed by atoms with Gasteiger partial charge < -0.3 is 15.0 Å². The zero-order chi connectivity index (χ0) is 23.2. The summed E-state index contributed by atoms with van der Waals surface area (Å²) in [5.74, 6) is 0.874. The van der Waals surface area contributed by atoms with Crippen LogP contribution in [0.4, 0.5) is 5.69 Å². The molecule has 1 unspecified atom stereocenters. The van der Waals surface area contributed by atoms with E-state index in [9.17, 15) is 4.79 Å². The van der Waals surface area contributed by atoms with Crippen LogP contribution in [0.15, 0.2) is 109 Å². The molecule has 1 N–H and O–H groups in total. The van der Waals surface area contributed by atoms with E-state index in [2.05, 4.69) is 41.7 Å². The molecular weight excluding hydrogens is 420 g/mol. The maximum Gasteiger partial charge on any atom is 0.258 e. The molecule has 1 amide bonds. The second-order valence-corrected chi connectivity index (χ2v) is 8.52. The predicted octanol–water partition coefficient (Wildman–Crippen LogP) is 6.46. The molecule has 0 aliphatic carbocycles. The number of ether oxygens (including phenoxy) is 1. The Morgan fingerprint density at radius 2 is 1.38 bits per heavy atom. The molecule has 4 nitrogen and oxygen atoms in total. The van der Waals surface area contributed by atoms with Crippen molar-refractivity contribution in [1.29, 1.82) is 0 Å². The Bertz CT molecular complexity index is 1220. The zero-order valence-corrected chi connectivity index (χ0v) is 19.1. The van der Waals surface area contributed by atoms with E-state index in [4.69, 9.17) is 4.74 Å². The van der Waals surface area contributed by atoms with E-state index in [0.717, 1.165) is 35.4 Å². The second-order valence-electron chi connectivity index (χ2n) is 8.52. The molecular formula is C30H28N2O2. The molecule has 0 spiro atoms. The van der Waals surface area contributed by atoms with Gasteiger partial charge in [-0.3, -0.25) is 4.79 Å². The van der Waals surface area contributed by atoms with Gasteiger partial charge in [-0.2, -0.15) is 0 Å². The van der Waals surface area contributed by atoms with Crippen molar-refractivity contribution < 1.29 is 9.53 Å². The van der Waals surface area contributed by atoms with E-state index in [0.29, 0.717) is 18.7 Å². The first kappa shape index (κ1) is 21.8. The molecule has 1 atom stereocenters. The van der Waals surface area contributed by atoms with Crippen LogP contribution >= 0.6 is 0 Å². The van der Waals surface area contributed by atoms with Crippen molar-refractivity contribution in [3.63, 3.8) is 0 Å². The fourth-order valence-corrected chi connectivity index (χ4v) is 4.36. The fourth-order valence-electron chi connectivity index (χ4n) is 4.36. The molecule has 0 aromatic heterocycles. The van der Waals surface area contributed by atoms with E-state index in [1.54, 1.807) is 0 Å². The monoisotopic (exact) mass is 448 g/mol. The molecule has 0 bridgehead atoms. The van der Waals surface area contributed by atoms with Crippen molar-refractivity contribution in [1.82, 2.24) is 4.90 Å². The minimum absolute atomic E-state index is 0.0319. The van der Waals surface area contributed by atoms with Crippen LogP contribution in [0.1, 0.15) is 39.6 Å². The zero-order valence-electron chi connectivity index (χ0n) is 19.1. The van der Waals surface area contributed by atoms with Gasteiger partial charge in [-0.05, 0) is 53.8 Å². The van der Waals surface area contributed by atoms with Gasteiger partial charge in [-0.25, -0.2) is 0 Å². The smallest absolute Gasteiger partial charge is 0.258 e. The third-order valence-corrected chi connectivity index (χ3v) is 6.14. The van der Waals surface area contributed by atoms with E-state index < -0.39 is 0 Å². The average Bonchev–Trinajstić information content (AvgIpc) is 2.90. The summed E-state index contributed by atoms with van der Waals surface area (Å²) in [5.41, 5.74) is 5.01. The van der Waals surface area contributed by atoms with Crippen LogP contribution in [0.2, 0.25) is 0 Å². The molecule has 5 rings (SSSR count). The van der Waals surface area contributed by atoms with Gasteiger partial charge in [-0.15, -0.1) is 0 Å². The molecule has 34 heavy (non-hydrogen) atoms. The van der Waals surface area contributed by atoms with E-state index in [1.807, 2.05) is 77.7 Å². The van der Waals surface area contributed by atoms with Crippen LogP contribution in [0, 0.1) is 0 Å². The van der Waals surface area contributed by atoms with Gasteiger partial charge in [0.1, 0.15) is 11.9 Å². The van der Waals surface area contributed by atoms with Gasteiger partial charge in [0, 0.05) is 12.2 Å². The Balaban J connectivity index is 1.29. The van der Waals surface area contributed by atoms with Crippen molar-refractivity contribution in [2.45, 2.75) is 25.6 Å². The summed E-state index contributed by atoms with van der Waals surface area (Å²) in [6, 6.07) is 36.3. The number of carbonyl (C=O) groups is 1. The highest BCUT2D eigenvalue weighted by Crippen LogP contribution is 2.34. The molecule has 4 aromatic carbocycles. The number of aryl methyl sites for hydroxylation is 1. The molecule has 0 fully saturated rings. The maximum absolute atomic E-state index is 13.4. The molecule has 1 aliphatic rings. The van der Waals surface area contributed by atoms with Crippen LogP contribution in [0.5, 0.6) is 5.75 Å². The molecule has 170 valence electrons. The maximum atomic E-state index is 13.4. The summed E-state index contributed by atoms with van der Waals surface area (Å²) in [6.45, 7) is 1.20. The van der Waals surface area contributed by atoms with Gasteiger partial charge in [-0.1, -0.05) is 84.9 Å². The molecule has 0 saturated heterocycles. The van der Waals surface area contributed by atoms with Crippen LogP contribution in [-0.4, -0.2) is 17.4 Å². The third-order valence-electron chi connectivity index (χ3n) is 6.14. The SMILES string of the molecule is O=C1c2ccccc2NC(c2ccc(OCCCc3ccccc3)cc2)N1Cc1ccccc1. The van der Waals surface area contributed by atoms with Crippen molar-refractivity contribution >= 4 is 11.6 Å². The van der Waals surface area contributed by atoms with Crippen LogP contribution in [0.3, 0.4) is 0 Å². The lowest BCUT2D eigenvalue weighted by molar-refractivity contribution is 0.0666. The molecule has 1 aliphatic heterocycles. The number of nitrogens with one attached hydrogen (secondary N) is 1. The Kier molecular flexibility index (Phi) is 6.57. The Labute approximate surface area is 200 Å². The van der Waals surface area contributed by atoms with Crippen LogP contribution in [-0.2, 0) is 13.0 Å². The van der Waals surface area contributed by atoms with Gasteiger partial charge >= 0.3 is 0 Å². The summed E-state index contributed by atoms with van der Waals surface area (Å²) in [7, 11) is 0. The third kappa shape index (κ3) is 4.96. The molecule has 4 heteroatoms. The second kappa shape index (κ2) is 10.3. The lowest BCUT2D eigenvalue weighted by Gasteiger charge is -2.38. The van der Waals surface area contributed by atoms with E-state index >= 15 is 0 Å².